The summed E-state index contributed by atoms with van der Waals surface area (Å²) in [6.07, 6.45) is 6.03. The number of hydrogen-bond acceptors (Lipinski definition) is 3. The largest absolute Gasteiger partial charge is 0.466 e. The zero-order valence-corrected chi connectivity index (χ0v) is 17.2. The molecule has 1 aliphatic rings. The van der Waals surface area contributed by atoms with Crippen LogP contribution in [0.3, 0.4) is 0 Å². The number of carbonyl (C=O) groups is 1. The summed E-state index contributed by atoms with van der Waals surface area (Å²) in [7, 11) is -0.336. The molecule has 132 valence electrons. The van der Waals surface area contributed by atoms with Crippen molar-refractivity contribution in [1.29, 1.82) is 0 Å². The van der Waals surface area contributed by atoms with E-state index in [4.69, 9.17) is 9.16 Å². The summed E-state index contributed by atoms with van der Waals surface area (Å²) < 4.78 is 11.3. The second kappa shape index (κ2) is 7.80. The first-order valence-corrected chi connectivity index (χ1v) is 11.5. The Morgan fingerprint density at radius 1 is 1.26 bits per heavy atom. The number of hydrogen-bond donors (Lipinski definition) is 0. The van der Waals surface area contributed by atoms with E-state index in [1.54, 1.807) is 0 Å². The molecule has 0 saturated carbocycles. The number of ether oxygens (including phenoxy) is 1. The lowest BCUT2D eigenvalue weighted by molar-refractivity contribution is -0.136. The Hall–Kier alpha value is -0.873. The van der Waals surface area contributed by atoms with Gasteiger partial charge in [0.05, 0.1) is 7.11 Å². The van der Waals surface area contributed by atoms with Gasteiger partial charge in [-0.15, -0.1) is 0 Å². The van der Waals surface area contributed by atoms with Crippen LogP contribution in [0.4, 0.5) is 0 Å². The summed E-state index contributed by atoms with van der Waals surface area (Å²) >= 11 is 0. The van der Waals surface area contributed by atoms with Crippen LogP contribution in [0.5, 0.6) is 0 Å². The average molecular weight is 339 g/mol. The fraction of sp³-hybridized carbons (Fsp3) is 0.737. The van der Waals surface area contributed by atoms with Crippen LogP contribution >= 0.6 is 0 Å². The fourth-order valence-electron chi connectivity index (χ4n) is 2.43. The summed E-state index contributed by atoms with van der Waals surface area (Å²) in [6.45, 7) is 16.3. The van der Waals surface area contributed by atoms with Crippen LogP contribution < -0.4 is 0 Å². The van der Waals surface area contributed by atoms with Crippen molar-refractivity contribution in [1.82, 2.24) is 0 Å². The minimum Gasteiger partial charge on any atom is -0.466 e. The van der Waals surface area contributed by atoms with Crippen LogP contribution in [0.15, 0.2) is 23.3 Å². The number of allylic oxidation sites excluding steroid dienone is 1. The molecule has 0 fully saturated rings. The highest BCUT2D eigenvalue weighted by Gasteiger charge is 2.37. The summed E-state index contributed by atoms with van der Waals surface area (Å²) in [6, 6.07) is 0. The predicted octanol–water partition coefficient (Wildman–Crippen LogP) is 5.10. The van der Waals surface area contributed by atoms with Gasteiger partial charge in [0.15, 0.2) is 8.32 Å². The van der Waals surface area contributed by atoms with E-state index in [0.29, 0.717) is 12.5 Å². The second-order valence-corrected chi connectivity index (χ2v) is 13.1. The van der Waals surface area contributed by atoms with Gasteiger partial charge in [-0.2, -0.15) is 0 Å². The van der Waals surface area contributed by atoms with Crippen LogP contribution in [0.1, 0.15) is 47.5 Å². The molecule has 0 amide bonds. The first-order chi connectivity index (χ1) is 10.5. The smallest absolute Gasteiger partial charge is 0.333 e. The molecule has 0 N–H and O–H groups in total. The topological polar surface area (TPSA) is 35.5 Å². The fourth-order valence-corrected chi connectivity index (χ4v) is 3.47. The van der Waals surface area contributed by atoms with Gasteiger partial charge in [0.2, 0.25) is 0 Å². The minimum atomic E-state index is -1.79. The van der Waals surface area contributed by atoms with Crippen molar-refractivity contribution < 1.29 is 14.0 Å². The van der Waals surface area contributed by atoms with Crippen molar-refractivity contribution in [3.63, 3.8) is 0 Å². The Kier molecular flexibility index (Phi) is 6.84. The monoisotopic (exact) mass is 338 g/mol. The van der Waals surface area contributed by atoms with Gasteiger partial charge in [0.1, 0.15) is 0 Å². The first kappa shape index (κ1) is 20.2. The molecule has 0 saturated heterocycles. The lowest BCUT2D eigenvalue weighted by Gasteiger charge is -2.36. The number of methoxy groups -OCH3 is 1. The maximum absolute atomic E-state index is 12.0. The average Bonchev–Trinajstić information content (AvgIpc) is 2.66. The van der Waals surface area contributed by atoms with Gasteiger partial charge in [-0.05, 0) is 36.9 Å². The van der Waals surface area contributed by atoms with Crippen molar-refractivity contribution in [3.8, 4) is 0 Å². The van der Waals surface area contributed by atoms with Crippen LogP contribution in [0.25, 0.3) is 0 Å². The first-order valence-electron chi connectivity index (χ1n) is 8.61. The van der Waals surface area contributed by atoms with Crippen molar-refractivity contribution in [2.75, 3.05) is 13.7 Å². The van der Waals surface area contributed by atoms with Crippen molar-refractivity contribution in [2.24, 2.45) is 11.8 Å². The van der Waals surface area contributed by atoms with Crippen LogP contribution in [-0.2, 0) is 14.0 Å². The summed E-state index contributed by atoms with van der Waals surface area (Å²) in [5.74, 6) is 0.439. The van der Waals surface area contributed by atoms with Gasteiger partial charge in [-0.3, -0.25) is 0 Å². The van der Waals surface area contributed by atoms with Crippen molar-refractivity contribution >= 4 is 14.3 Å². The molecule has 0 spiro atoms. The maximum atomic E-state index is 12.0. The van der Waals surface area contributed by atoms with E-state index < -0.39 is 8.32 Å². The lowest BCUT2D eigenvalue weighted by Crippen LogP contribution is -2.41. The molecule has 1 rings (SSSR count). The molecule has 0 radical (unpaired) electrons. The van der Waals surface area contributed by atoms with E-state index in [9.17, 15) is 4.79 Å². The molecule has 23 heavy (non-hydrogen) atoms. The van der Waals surface area contributed by atoms with Gasteiger partial charge in [-0.1, -0.05) is 52.3 Å². The minimum absolute atomic E-state index is 0.151. The Balaban J connectivity index is 2.95. The maximum Gasteiger partial charge on any atom is 0.333 e. The van der Waals surface area contributed by atoms with Gasteiger partial charge >= 0.3 is 5.97 Å². The molecule has 0 aromatic carbocycles. The highest BCUT2D eigenvalue weighted by atomic mass is 28.4. The van der Waals surface area contributed by atoms with Gasteiger partial charge in [-0.25, -0.2) is 4.79 Å². The highest BCUT2D eigenvalue weighted by molar-refractivity contribution is 6.74. The Labute approximate surface area is 143 Å². The van der Waals surface area contributed by atoms with Crippen molar-refractivity contribution in [3.05, 3.63) is 23.3 Å². The van der Waals surface area contributed by atoms with E-state index in [1.807, 2.05) is 6.08 Å². The molecule has 0 aromatic rings. The molecule has 0 heterocycles. The third-order valence-electron chi connectivity index (χ3n) is 5.16. The molecule has 1 aliphatic carbocycles. The van der Waals surface area contributed by atoms with Gasteiger partial charge < -0.3 is 9.16 Å². The SMILES string of the molecule is COC(=O)C1=CC(CO[Si](C)(C)C(C)(C)C)C=C(C(C)C)CC1. The highest BCUT2D eigenvalue weighted by Crippen LogP contribution is 2.37. The molecular formula is C19H34O3Si. The number of esters is 1. The normalized spacial score (nSPS) is 20.0. The third-order valence-corrected chi connectivity index (χ3v) is 9.66. The Morgan fingerprint density at radius 2 is 1.87 bits per heavy atom. The van der Waals surface area contributed by atoms with Gasteiger partial charge in [0, 0.05) is 18.1 Å². The Bertz CT molecular complexity index is 481. The van der Waals surface area contributed by atoms with E-state index in [0.717, 1.165) is 18.4 Å². The van der Waals surface area contributed by atoms with E-state index >= 15 is 0 Å². The number of rotatable bonds is 5. The molecule has 0 aromatic heterocycles. The summed E-state index contributed by atoms with van der Waals surface area (Å²) in [4.78, 5) is 12.0. The van der Waals surface area contributed by atoms with Crippen molar-refractivity contribution in [2.45, 2.75) is 65.6 Å². The third kappa shape index (κ3) is 5.61. The van der Waals surface area contributed by atoms with Gasteiger partial charge in [0.25, 0.3) is 0 Å². The predicted molar refractivity (Wildman–Crippen MR) is 98.9 cm³/mol. The standard InChI is InChI=1S/C19H34O3Si/c1-14(2)16-9-10-17(18(20)21-6)12-15(11-16)13-22-23(7,8)19(3,4)5/h11-12,14-15H,9-10,13H2,1-8H3. The summed E-state index contributed by atoms with van der Waals surface area (Å²) in [5.41, 5.74) is 2.19. The van der Waals surface area contributed by atoms with Crippen LogP contribution in [-0.4, -0.2) is 28.0 Å². The van der Waals surface area contributed by atoms with Crippen LogP contribution in [0, 0.1) is 11.8 Å². The molecule has 0 aliphatic heterocycles. The lowest BCUT2D eigenvalue weighted by atomic mass is 9.96. The molecular weight excluding hydrogens is 304 g/mol. The van der Waals surface area contributed by atoms with Crippen LogP contribution in [0.2, 0.25) is 18.1 Å². The zero-order valence-electron chi connectivity index (χ0n) is 16.2. The molecule has 4 heteroatoms. The van der Waals surface area contributed by atoms with E-state index in [-0.39, 0.29) is 16.9 Å². The van der Waals surface area contributed by atoms with E-state index in [2.05, 4.69) is 53.8 Å². The quantitative estimate of drug-likeness (QED) is 0.397. The second-order valence-electron chi connectivity index (χ2n) is 8.31. The molecule has 1 unspecified atom stereocenters. The molecule has 1 atom stereocenters. The number of carbonyl (C=O) groups excluding carboxylic acids is 1. The van der Waals surface area contributed by atoms with E-state index in [1.165, 1.54) is 12.7 Å². The Morgan fingerprint density at radius 3 is 2.35 bits per heavy atom. The zero-order chi connectivity index (χ0) is 17.8. The summed E-state index contributed by atoms with van der Waals surface area (Å²) in [5, 5.41) is 0.192. The molecule has 3 nitrogen and oxygen atoms in total. The molecule has 0 bridgehead atoms.